The Kier molecular flexibility index (Phi) is 4.99. The summed E-state index contributed by atoms with van der Waals surface area (Å²) in [6.07, 6.45) is 9.26. The predicted octanol–water partition coefficient (Wildman–Crippen LogP) is 5.03. The highest BCUT2D eigenvalue weighted by atomic mass is 32.1. The van der Waals surface area contributed by atoms with Crippen molar-refractivity contribution >= 4 is 17.1 Å². The van der Waals surface area contributed by atoms with Crippen LogP contribution in [0, 0.1) is 5.92 Å². The van der Waals surface area contributed by atoms with Crippen molar-refractivity contribution in [2.24, 2.45) is 5.92 Å². The fourth-order valence-corrected chi connectivity index (χ4v) is 3.82. The molecular formula is C16H24OS. The number of carbonyl (C=O) groups is 1. The first-order valence-electron chi connectivity index (χ1n) is 7.31. The second kappa shape index (κ2) is 6.51. The molecule has 0 saturated carbocycles. The van der Waals surface area contributed by atoms with E-state index in [1.54, 1.807) is 11.3 Å². The molecule has 1 aliphatic carbocycles. The summed E-state index contributed by atoms with van der Waals surface area (Å²) in [5, 5.41) is 0. The molecule has 0 aromatic carbocycles. The lowest BCUT2D eigenvalue weighted by Gasteiger charge is -2.02. The third-order valence-electron chi connectivity index (χ3n) is 3.71. The summed E-state index contributed by atoms with van der Waals surface area (Å²) in [6, 6.07) is 2.18. The minimum atomic E-state index is 0.369. The van der Waals surface area contributed by atoms with E-state index in [1.165, 1.54) is 42.5 Å². The Balaban J connectivity index is 1.94. The van der Waals surface area contributed by atoms with Gasteiger partial charge in [0.2, 0.25) is 0 Å². The molecule has 100 valence electrons. The fourth-order valence-electron chi connectivity index (χ4n) is 2.60. The summed E-state index contributed by atoms with van der Waals surface area (Å²) in [6.45, 7) is 4.44. The molecule has 18 heavy (non-hydrogen) atoms. The summed E-state index contributed by atoms with van der Waals surface area (Å²) >= 11 is 1.77. The molecule has 1 nitrogen and oxygen atoms in total. The molecule has 0 bridgehead atoms. The van der Waals surface area contributed by atoms with E-state index >= 15 is 0 Å². The van der Waals surface area contributed by atoms with Gasteiger partial charge >= 0.3 is 0 Å². The average molecular weight is 264 g/mol. The van der Waals surface area contributed by atoms with E-state index in [-0.39, 0.29) is 0 Å². The van der Waals surface area contributed by atoms with Gasteiger partial charge in [-0.3, -0.25) is 4.79 Å². The maximum atomic E-state index is 12.1. The first kappa shape index (κ1) is 13.8. The molecule has 1 aromatic rings. The number of aryl methyl sites for hydroxylation is 2. The summed E-state index contributed by atoms with van der Waals surface area (Å²) in [5.41, 5.74) is 1.46. The number of carbonyl (C=O) groups excluding carboxylic acids is 1. The SMILES string of the molecule is CC(C)CCCC(=O)c1cc2c(s1)CCCCC2. The van der Waals surface area contributed by atoms with Crippen LogP contribution in [0.15, 0.2) is 6.07 Å². The Morgan fingerprint density at radius 3 is 2.83 bits per heavy atom. The number of thiophene rings is 1. The molecule has 0 amide bonds. The van der Waals surface area contributed by atoms with Crippen LogP contribution in [-0.4, -0.2) is 5.78 Å². The van der Waals surface area contributed by atoms with Crippen molar-refractivity contribution < 1.29 is 4.79 Å². The molecule has 0 spiro atoms. The average Bonchev–Trinajstić information content (AvgIpc) is 2.60. The van der Waals surface area contributed by atoms with Gasteiger partial charge in [-0.05, 0) is 49.7 Å². The van der Waals surface area contributed by atoms with Crippen LogP contribution in [0.2, 0.25) is 0 Å². The van der Waals surface area contributed by atoms with Gasteiger partial charge in [0.25, 0.3) is 0 Å². The number of fused-ring (bicyclic) bond motifs is 1. The van der Waals surface area contributed by atoms with E-state index in [1.807, 2.05) is 0 Å². The van der Waals surface area contributed by atoms with Gasteiger partial charge in [-0.2, -0.15) is 0 Å². The number of ketones is 1. The second-order valence-electron chi connectivity index (χ2n) is 5.83. The van der Waals surface area contributed by atoms with Crippen molar-refractivity contribution in [3.8, 4) is 0 Å². The van der Waals surface area contributed by atoms with E-state index < -0.39 is 0 Å². The Bertz CT molecular complexity index is 380. The van der Waals surface area contributed by atoms with Crippen molar-refractivity contribution in [3.63, 3.8) is 0 Å². The molecular weight excluding hydrogens is 240 g/mol. The Labute approximate surface area is 115 Å². The van der Waals surface area contributed by atoms with Crippen molar-refractivity contribution in [1.82, 2.24) is 0 Å². The highest BCUT2D eigenvalue weighted by Gasteiger charge is 2.16. The minimum absolute atomic E-state index is 0.369. The first-order valence-corrected chi connectivity index (χ1v) is 8.13. The molecule has 0 unspecified atom stereocenters. The van der Waals surface area contributed by atoms with E-state index in [4.69, 9.17) is 0 Å². The maximum absolute atomic E-state index is 12.1. The maximum Gasteiger partial charge on any atom is 0.172 e. The minimum Gasteiger partial charge on any atom is -0.293 e. The highest BCUT2D eigenvalue weighted by molar-refractivity contribution is 7.14. The molecule has 0 saturated heterocycles. The Hall–Kier alpha value is -0.630. The second-order valence-corrected chi connectivity index (χ2v) is 6.97. The van der Waals surface area contributed by atoms with Gasteiger partial charge in [-0.25, -0.2) is 0 Å². The van der Waals surface area contributed by atoms with Gasteiger partial charge in [0, 0.05) is 11.3 Å². The van der Waals surface area contributed by atoms with E-state index in [0.29, 0.717) is 11.7 Å². The van der Waals surface area contributed by atoms with Crippen molar-refractivity contribution in [1.29, 1.82) is 0 Å². The molecule has 1 aliphatic rings. The van der Waals surface area contributed by atoms with Crippen LogP contribution in [-0.2, 0) is 12.8 Å². The van der Waals surface area contributed by atoms with Crippen LogP contribution < -0.4 is 0 Å². The lowest BCUT2D eigenvalue weighted by molar-refractivity contribution is 0.0982. The smallest absolute Gasteiger partial charge is 0.172 e. The van der Waals surface area contributed by atoms with Crippen LogP contribution in [0.25, 0.3) is 0 Å². The van der Waals surface area contributed by atoms with Gasteiger partial charge in [-0.15, -0.1) is 11.3 Å². The quantitative estimate of drug-likeness (QED) is 0.538. The number of rotatable bonds is 5. The van der Waals surface area contributed by atoms with E-state index in [9.17, 15) is 4.79 Å². The largest absolute Gasteiger partial charge is 0.293 e. The molecule has 0 N–H and O–H groups in total. The van der Waals surface area contributed by atoms with Gasteiger partial charge in [0.15, 0.2) is 5.78 Å². The summed E-state index contributed by atoms with van der Waals surface area (Å²) < 4.78 is 0. The van der Waals surface area contributed by atoms with Crippen molar-refractivity contribution in [3.05, 3.63) is 21.4 Å². The van der Waals surface area contributed by atoms with Gasteiger partial charge in [-0.1, -0.05) is 26.7 Å². The van der Waals surface area contributed by atoms with Crippen molar-refractivity contribution in [2.45, 2.75) is 65.2 Å². The first-order chi connectivity index (χ1) is 8.66. The van der Waals surface area contributed by atoms with Crippen LogP contribution in [0.5, 0.6) is 0 Å². The topological polar surface area (TPSA) is 17.1 Å². The molecule has 0 radical (unpaired) electrons. The number of hydrogen-bond donors (Lipinski definition) is 0. The monoisotopic (exact) mass is 264 g/mol. The summed E-state index contributed by atoms with van der Waals surface area (Å²) in [4.78, 5) is 14.6. The molecule has 1 aromatic heterocycles. The van der Waals surface area contributed by atoms with Gasteiger partial charge in [0.1, 0.15) is 0 Å². The van der Waals surface area contributed by atoms with E-state index in [0.717, 1.165) is 24.1 Å². The zero-order valence-electron chi connectivity index (χ0n) is 11.6. The van der Waals surface area contributed by atoms with Gasteiger partial charge in [0.05, 0.1) is 4.88 Å². The van der Waals surface area contributed by atoms with Crippen LogP contribution in [0.1, 0.15) is 72.5 Å². The Morgan fingerprint density at radius 1 is 1.28 bits per heavy atom. The Morgan fingerprint density at radius 2 is 2.06 bits per heavy atom. The lowest BCUT2D eigenvalue weighted by atomic mass is 10.0. The van der Waals surface area contributed by atoms with Gasteiger partial charge < -0.3 is 0 Å². The zero-order chi connectivity index (χ0) is 13.0. The molecule has 2 rings (SSSR count). The third kappa shape index (κ3) is 3.68. The molecule has 0 aliphatic heterocycles. The van der Waals surface area contributed by atoms with Crippen molar-refractivity contribution in [2.75, 3.05) is 0 Å². The zero-order valence-corrected chi connectivity index (χ0v) is 12.4. The van der Waals surface area contributed by atoms with E-state index in [2.05, 4.69) is 19.9 Å². The summed E-state index contributed by atoms with van der Waals surface area (Å²) in [5.74, 6) is 1.08. The molecule has 2 heteroatoms. The van der Waals surface area contributed by atoms with Crippen LogP contribution >= 0.6 is 11.3 Å². The normalized spacial score (nSPS) is 15.5. The van der Waals surface area contributed by atoms with Crippen LogP contribution in [0.3, 0.4) is 0 Å². The predicted molar refractivity (Wildman–Crippen MR) is 78.6 cm³/mol. The third-order valence-corrected chi connectivity index (χ3v) is 4.98. The summed E-state index contributed by atoms with van der Waals surface area (Å²) in [7, 11) is 0. The number of hydrogen-bond acceptors (Lipinski definition) is 2. The highest BCUT2D eigenvalue weighted by Crippen LogP contribution is 2.30. The molecule has 0 atom stereocenters. The molecule has 0 fully saturated rings. The molecule has 1 heterocycles. The fraction of sp³-hybridized carbons (Fsp3) is 0.688. The number of Topliss-reactive ketones (excluding diaryl/α,β-unsaturated/α-hetero) is 1. The standard InChI is InChI=1S/C16H24OS/c1-12(2)7-6-9-14(17)16-11-13-8-4-3-5-10-15(13)18-16/h11-12H,3-10H2,1-2H3. The lowest BCUT2D eigenvalue weighted by Crippen LogP contribution is -1.97. The van der Waals surface area contributed by atoms with Crippen LogP contribution in [0.4, 0.5) is 0 Å².